The van der Waals surface area contributed by atoms with E-state index in [0.29, 0.717) is 18.9 Å². The fourth-order valence-corrected chi connectivity index (χ4v) is 3.14. The van der Waals surface area contributed by atoms with Gasteiger partial charge in [-0.15, -0.1) is 5.06 Å². The Morgan fingerprint density at radius 1 is 0.929 bits per heavy atom. The number of methoxy groups -OCH3 is 1. The van der Waals surface area contributed by atoms with Crippen LogP contribution < -0.4 is 15.3 Å². The number of rotatable bonds is 12. The molecule has 2 unspecified atom stereocenters. The van der Waals surface area contributed by atoms with Crippen molar-refractivity contribution in [1.82, 2.24) is 5.06 Å². The lowest BCUT2D eigenvalue weighted by atomic mass is 10.0. The molecular weight excluding hydrogens is 352 g/mol. The molecule has 28 heavy (non-hydrogen) atoms. The van der Waals surface area contributed by atoms with Gasteiger partial charge in [0.15, 0.2) is 0 Å². The normalized spacial score (nSPS) is 13.5. The van der Waals surface area contributed by atoms with E-state index in [-0.39, 0.29) is 6.04 Å². The number of aliphatic hydroxyl groups is 1. The van der Waals surface area contributed by atoms with Crippen LogP contribution in [0.3, 0.4) is 0 Å². The van der Waals surface area contributed by atoms with Crippen LogP contribution in [0.5, 0.6) is 11.5 Å². The highest BCUT2D eigenvalue weighted by Crippen LogP contribution is 2.20. The largest absolute Gasteiger partial charge is 0.497 e. The van der Waals surface area contributed by atoms with Crippen molar-refractivity contribution in [3.8, 4) is 11.5 Å². The summed E-state index contributed by atoms with van der Waals surface area (Å²) in [5, 5.41) is 12.5. The van der Waals surface area contributed by atoms with Crippen LogP contribution in [-0.2, 0) is 6.42 Å². The zero-order valence-electron chi connectivity index (χ0n) is 17.3. The van der Waals surface area contributed by atoms with Gasteiger partial charge in [-0.2, -0.15) is 0 Å². The van der Waals surface area contributed by atoms with Crippen LogP contribution in [0.2, 0.25) is 0 Å². The highest BCUT2D eigenvalue weighted by molar-refractivity contribution is 5.30. The first-order valence-electron chi connectivity index (χ1n) is 10.1. The zero-order valence-corrected chi connectivity index (χ0v) is 17.3. The van der Waals surface area contributed by atoms with Gasteiger partial charge in [0.05, 0.1) is 19.8 Å². The van der Waals surface area contributed by atoms with E-state index in [1.807, 2.05) is 59.7 Å². The molecule has 0 fully saturated rings. The number of hydroxylamine groups is 2. The third-order valence-corrected chi connectivity index (χ3v) is 5.11. The summed E-state index contributed by atoms with van der Waals surface area (Å²) < 4.78 is 5.20. The zero-order chi connectivity index (χ0) is 20.4. The molecular formula is C23H34N2O3. The Bertz CT molecular complexity index is 659. The van der Waals surface area contributed by atoms with Crippen LogP contribution in [0.4, 0.5) is 0 Å². The molecule has 0 aliphatic carbocycles. The number of aliphatic hydroxyl groups excluding tert-OH is 1. The lowest BCUT2D eigenvalue weighted by Gasteiger charge is -2.30. The van der Waals surface area contributed by atoms with Crippen molar-refractivity contribution in [1.29, 1.82) is 0 Å². The molecule has 0 radical (unpaired) electrons. The summed E-state index contributed by atoms with van der Waals surface area (Å²) in [5.41, 5.74) is 7.40. The molecule has 0 heterocycles. The van der Waals surface area contributed by atoms with Crippen molar-refractivity contribution in [2.24, 2.45) is 11.7 Å². The molecule has 5 nitrogen and oxygen atoms in total. The second-order valence-corrected chi connectivity index (χ2v) is 7.22. The number of ether oxygens (including phenoxy) is 1. The number of nitrogens with two attached hydrogens (primary N) is 1. The van der Waals surface area contributed by atoms with E-state index in [1.54, 1.807) is 7.11 Å². The van der Waals surface area contributed by atoms with Crippen LogP contribution in [0.25, 0.3) is 0 Å². The molecule has 0 spiro atoms. The van der Waals surface area contributed by atoms with Gasteiger partial charge in [0.1, 0.15) is 11.5 Å². The molecule has 2 aromatic rings. The van der Waals surface area contributed by atoms with Gasteiger partial charge in [-0.25, -0.2) is 0 Å². The van der Waals surface area contributed by atoms with Gasteiger partial charge in [0.2, 0.25) is 0 Å². The van der Waals surface area contributed by atoms with E-state index in [9.17, 15) is 5.11 Å². The third-order valence-electron chi connectivity index (χ3n) is 5.11. The molecule has 5 heteroatoms. The second kappa shape index (κ2) is 11.7. The Kier molecular flexibility index (Phi) is 9.28. The minimum Gasteiger partial charge on any atom is -0.497 e. The fraction of sp³-hybridized carbons (Fsp3) is 0.478. The van der Waals surface area contributed by atoms with Crippen LogP contribution in [0, 0.1) is 5.92 Å². The van der Waals surface area contributed by atoms with Crippen LogP contribution in [-0.4, -0.2) is 42.5 Å². The highest BCUT2D eigenvalue weighted by atomic mass is 16.7. The van der Waals surface area contributed by atoms with Gasteiger partial charge in [0, 0.05) is 12.6 Å². The Balaban J connectivity index is 2.02. The maximum absolute atomic E-state index is 10.7. The van der Waals surface area contributed by atoms with E-state index >= 15 is 0 Å². The van der Waals surface area contributed by atoms with Gasteiger partial charge in [-0.3, -0.25) is 0 Å². The topological polar surface area (TPSA) is 68.0 Å². The molecule has 0 saturated heterocycles. The SMILES string of the molecule is CCC(CC)CN(CC(O)C(N)Cc1ccccc1)Oc1ccc(OC)cc1. The Labute approximate surface area is 169 Å². The van der Waals surface area contributed by atoms with Crippen molar-refractivity contribution in [2.75, 3.05) is 20.2 Å². The smallest absolute Gasteiger partial charge is 0.147 e. The van der Waals surface area contributed by atoms with Gasteiger partial charge in [-0.05, 0) is 42.2 Å². The number of hydrogen-bond acceptors (Lipinski definition) is 5. The first kappa shape index (κ1) is 22.2. The van der Waals surface area contributed by atoms with Crippen molar-refractivity contribution in [3.05, 3.63) is 60.2 Å². The molecule has 0 bridgehead atoms. The van der Waals surface area contributed by atoms with E-state index in [1.165, 1.54) is 0 Å². The molecule has 2 atom stereocenters. The number of hydrogen-bond donors (Lipinski definition) is 2. The maximum Gasteiger partial charge on any atom is 0.147 e. The average Bonchev–Trinajstić information content (AvgIpc) is 2.73. The summed E-state index contributed by atoms with van der Waals surface area (Å²) in [6.45, 7) is 5.46. The number of nitrogens with zero attached hydrogens (tertiary/aromatic N) is 1. The molecule has 0 amide bonds. The number of benzene rings is 2. The predicted molar refractivity (Wildman–Crippen MR) is 113 cm³/mol. The van der Waals surface area contributed by atoms with E-state index < -0.39 is 6.10 Å². The van der Waals surface area contributed by atoms with Crippen molar-refractivity contribution < 1.29 is 14.7 Å². The average molecular weight is 387 g/mol. The summed E-state index contributed by atoms with van der Waals surface area (Å²) in [6, 6.07) is 17.1. The maximum atomic E-state index is 10.7. The summed E-state index contributed by atoms with van der Waals surface area (Å²) in [5.74, 6) is 2.00. The molecule has 154 valence electrons. The lowest BCUT2D eigenvalue weighted by molar-refractivity contribution is -0.0977. The summed E-state index contributed by atoms with van der Waals surface area (Å²) in [7, 11) is 1.64. The van der Waals surface area contributed by atoms with Crippen molar-refractivity contribution in [3.63, 3.8) is 0 Å². The van der Waals surface area contributed by atoms with E-state index in [2.05, 4.69) is 13.8 Å². The first-order valence-corrected chi connectivity index (χ1v) is 10.1. The molecule has 3 N–H and O–H groups in total. The minimum absolute atomic E-state index is 0.355. The van der Waals surface area contributed by atoms with Crippen LogP contribution in [0.1, 0.15) is 32.3 Å². The summed E-state index contributed by atoms with van der Waals surface area (Å²) in [4.78, 5) is 6.08. The Morgan fingerprint density at radius 3 is 2.11 bits per heavy atom. The van der Waals surface area contributed by atoms with E-state index in [4.69, 9.17) is 15.3 Å². The molecule has 2 rings (SSSR count). The fourth-order valence-electron chi connectivity index (χ4n) is 3.14. The minimum atomic E-state index is -0.687. The van der Waals surface area contributed by atoms with Crippen molar-refractivity contribution in [2.45, 2.75) is 45.3 Å². The van der Waals surface area contributed by atoms with E-state index in [0.717, 1.165) is 36.4 Å². The monoisotopic (exact) mass is 386 g/mol. The van der Waals surface area contributed by atoms with Gasteiger partial charge in [0.25, 0.3) is 0 Å². The molecule has 2 aromatic carbocycles. The third kappa shape index (κ3) is 7.15. The summed E-state index contributed by atoms with van der Waals surface area (Å²) in [6.07, 6.45) is 2.06. The molecule has 0 aliphatic heterocycles. The standard InChI is InChI=1S/C23H34N2O3/c1-4-18(5-2)16-25(28-21-13-11-20(27-3)12-14-21)17-23(26)22(24)15-19-9-7-6-8-10-19/h6-14,18,22-23,26H,4-5,15-17,24H2,1-3H3. The molecule has 0 aromatic heterocycles. The summed E-state index contributed by atoms with van der Waals surface area (Å²) >= 11 is 0. The predicted octanol–water partition coefficient (Wildman–Crippen LogP) is 3.66. The quantitative estimate of drug-likeness (QED) is 0.545. The molecule has 0 aliphatic rings. The Hall–Kier alpha value is -2.08. The van der Waals surface area contributed by atoms with Crippen molar-refractivity contribution >= 4 is 0 Å². The van der Waals surface area contributed by atoms with Crippen LogP contribution in [0.15, 0.2) is 54.6 Å². The van der Waals surface area contributed by atoms with Gasteiger partial charge < -0.3 is 20.4 Å². The highest BCUT2D eigenvalue weighted by Gasteiger charge is 2.22. The van der Waals surface area contributed by atoms with Gasteiger partial charge in [-0.1, -0.05) is 57.0 Å². The second-order valence-electron chi connectivity index (χ2n) is 7.22. The van der Waals surface area contributed by atoms with Gasteiger partial charge >= 0.3 is 0 Å². The van der Waals surface area contributed by atoms with Crippen LogP contribution >= 0.6 is 0 Å². The Morgan fingerprint density at radius 2 is 1.54 bits per heavy atom. The molecule has 0 saturated carbocycles. The first-order chi connectivity index (χ1) is 13.5. The lowest BCUT2D eigenvalue weighted by Crippen LogP contribution is -2.47.